The Labute approximate surface area is 81.5 Å². The van der Waals surface area contributed by atoms with Gasteiger partial charge in [-0.1, -0.05) is 24.6 Å². The van der Waals surface area contributed by atoms with Crippen LogP contribution in [0.25, 0.3) is 0 Å². The Bertz CT molecular complexity index is 325. The number of benzene rings is 1. The molecule has 1 radical (unpaired) electrons. The molecule has 0 bridgehead atoms. The van der Waals surface area contributed by atoms with Crippen molar-refractivity contribution in [2.45, 2.75) is 12.8 Å². The molecule has 0 aliphatic carbocycles. The zero-order valence-electron chi connectivity index (χ0n) is 7.00. The normalized spacial score (nSPS) is 10.0. The maximum absolute atomic E-state index is 10.6. The third-order valence-corrected chi connectivity index (χ3v) is 2.07. The Morgan fingerprint density at radius 3 is 2.77 bits per heavy atom. The lowest BCUT2D eigenvalue weighted by Crippen LogP contribution is -1.95. The van der Waals surface area contributed by atoms with Crippen molar-refractivity contribution in [1.82, 2.24) is 0 Å². The van der Waals surface area contributed by atoms with Crippen LogP contribution in [-0.4, -0.2) is 4.92 Å². The fraction of sp³-hybridized carbons (Fsp3) is 0.222. The largest absolute Gasteiger partial charge is 0.274 e. The Morgan fingerprint density at radius 2 is 2.23 bits per heavy atom. The zero-order chi connectivity index (χ0) is 9.84. The van der Waals surface area contributed by atoms with Gasteiger partial charge in [-0.2, -0.15) is 0 Å². The lowest BCUT2D eigenvalue weighted by molar-refractivity contribution is -0.385. The predicted octanol–water partition coefficient (Wildman–Crippen LogP) is 3.01. The van der Waals surface area contributed by atoms with Crippen LogP contribution in [0.15, 0.2) is 18.2 Å². The van der Waals surface area contributed by atoms with Crippen molar-refractivity contribution in [3.8, 4) is 0 Å². The molecule has 1 aromatic rings. The van der Waals surface area contributed by atoms with E-state index in [2.05, 4.69) is 6.92 Å². The molecule has 0 spiro atoms. The molecule has 0 atom stereocenters. The fourth-order valence-electron chi connectivity index (χ4n) is 1.14. The number of nitrogens with zero attached hydrogens (tertiary/aromatic N) is 1. The predicted molar refractivity (Wildman–Crippen MR) is 51.8 cm³/mol. The summed E-state index contributed by atoms with van der Waals surface area (Å²) >= 11 is 5.82. The molecule has 0 fully saturated rings. The van der Waals surface area contributed by atoms with Gasteiger partial charge in [0.25, 0.3) is 5.69 Å². The smallest absolute Gasteiger partial charge is 0.258 e. The van der Waals surface area contributed by atoms with Gasteiger partial charge in [0, 0.05) is 11.6 Å². The molecule has 3 nitrogen and oxygen atoms in total. The third-order valence-electron chi connectivity index (χ3n) is 1.72. The highest BCUT2D eigenvalue weighted by molar-refractivity contribution is 6.31. The minimum atomic E-state index is -0.420. The van der Waals surface area contributed by atoms with Crippen LogP contribution in [0.4, 0.5) is 5.69 Å². The van der Waals surface area contributed by atoms with Gasteiger partial charge in [0.2, 0.25) is 0 Å². The maximum Gasteiger partial charge on any atom is 0.274 e. The summed E-state index contributed by atoms with van der Waals surface area (Å²) in [6, 6.07) is 4.68. The monoisotopic (exact) mass is 198 g/mol. The average Bonchev–Trinajstić information content (AvgIpc) is 2.08. The molecule has 0 aliphatic rings. The first-order valence-corrected chi connectivity index (χ1v) is 4.25. The van der Waals surface area contributed by atoms with Crippen molar-refractivity contribution >= 4 is 17.3 Å². The van der Waals surface area contributed by atoms with Crippen molar-refractivity contribution in [2.75, 3.05) is 0 Å². The van der Waals surface area contributed by atoms with Gasteiger partial charge in [-0.05, 0) is 18.9 Å². The molecule has 1 rings (SSSR count). The SMILES string of the molecule is [CH2]CCc1c(Cl)cccc1[N+](=O)[O-]. The number of nitro groups is 1. The molecule has 0 unspecified atom stereocenters. The van der Waals surface area contributed by atoms with Crippen molar-refractivity contribution in [3.63, 3.8) is 0 Å². The Kier molecular flexibility index (Phi) is 3.25. The minimum absolute atomic E-state index is 0.0798. The first-order valence-electron chi connectivity index (χ1n) is 3.88. The standard InChI is InChI=1S/C9H9ClNO2/c1-2-4-7-8(10)5-3-6-9(7)11(12)13/h3,5-6H,1-2,4H2. The van der Waals surface area contributed by atoms with Crippen LogP contribution in [0.2, 0.25) is 5.02 Å². The zero-order valence-corrected chi connectivity index (χ0v) is 7.75. The molecule has 0 N–H and O–H groups in total. The number of rotatable bonds is 3. The number of hydrogen-bond donors (Lipinski definition) is 0. The van der Waals surface area contributed by atoms with Crippen LogP contribution in [0.3, 0.4) is 0 Å². The van der Waals surface area contributed by atoms with Crippen molar-refractivity contribution in [2.24, 2.45) is 0 Å². The fourth-order valence-corrected chi connectivity index (χ4v) is 1.41. The van der Waals surface area contributed by atoms with Crippen LogP contribution < -0.4 is 0 Å². The molecule has 0 saturated heterocycles. The minimum Gasteiger partial charge on any atom is -0.258 e. The van der Waals surface area contributed by atoms with E-state index in [0.717, 1.165) is 0 Å². The average molecular weight is 199 g/mol. The van der Waals surface area contributed by atoms with Gasteiger partial charge in [0.05, 0.1) is 9.95 Å². The van der Waals surface area contributed by atoms with Gasteiger partial charge >= 0.3 is 0 Å². The summed E-state index contributed by atoms with van der Waals surface area (Å²) in [5, 5.41) is 11.0. The lowest BCUT2D eigenvalue weighted by atomic mass is 10.1. The summed E-state index contributed by atoms with van der Waals surface area (Å²) in [6.45, 7) is 3.64. The van der Waals surface area contributed by atoms with Gasteiger partial charge < -0.3 is 0 Å². The first-order chi connectivity index (χ1) is 6.16. The Morgan fingerprint density at radius 1 is 1.54 bits per heavy atom. The number of halogens is 1. The second-order valence-corrected chi connectivity index (χ2v) is 3.01. The van der Waals surface area contributed by atoms with Gasteiger partial charge in [-0.15, -0.1) is 0 Å². The van der Waals surface area contributed by atoms with E-state index in [1.165, 1.54) is 6.07 Å². The second-order valence-electron chi connectivity index (χ2n) is 2.60. The van der Waals surface area contributed by atoms with Crippen molar-refractivity contribution in [3.05, 3.63) is 45.8 Å². The van der Waals surface area contributed by atoms with E-state index in [1.807, 2.05) is 0 Å². The summed E-state index contributed by atoms with van der Waals surface area (Å²) in [4.78, 5) is 10.2. The van der Waals surface area contributed by atoms with Crippen LogP contribution in [0, 0.1) is 17.0 Å². The first kappa shape index (κ1) is 9.99. The van der Waals surface area contributed by atoms with E-state index < -0.39 is 4.92 Å². The second kappa shape index (κ2) is 4.23. The summed E-state index contributed by atoms with van der Waals surface area (Å²) < 4.78 is 0. The molecule has 1 aromatic carbocycles. The van der Waals surface area contributed by atoms with Gasteiger partial charge in [0.15, 0.2) is 0 Å². The van der Waals surface area contributed by atoms with Crippen molar-refractivity contribution in [1.29, 1.82) is 0 Å². The quantitative estimate of drug-likeness (QED) is 0.554. The molecule has 0 aliphatic heterocycles. The molecule has 4 heteroatoms. The van der Waals surface area contributed by atoms with Crippen LogP contribution in [0.1, 0.15) is 12.0 Å². The summed E-state index contributed by atoms with van der Waals surface area (Å²) in [5.41, 5.74) is 0.653. The highest BCUT2D eigenvalue weighted by atomic mass is 35.5. The van der Waals surface area contributed by atoms with E-state index in [4.69, 9.17) is 11.6 Å². The Balaban J connectivity index is 3.17. The van der Waals surface area contributed by atoms with Crippen LogP contribution in [-0.2, 0) is 6.42 Å². The topological polar surface area (TPSA) is 43.1 Å². The summed E-state index contributed by atoms with van der Waals surface area (Å²) in [5.74, 6) is 0. The van der Waals surface area contributed by atoms with E-state index in [-0.39, 0.29) is 5.69 Å². The molecule has 13 heavy (non-hydrogen) atoms. The summed E-state index contributed by atoms with van der Waals surface area (Å²) in [6.07, 6.45) is 1.14. The lowest BCUT2D eigenvalue weighted by Gasteiger charge is -2.02. The maximum atomic E-state index is 10.6. The van der Waals surface area contributed by atoms with E-state index in [1.54, 1.807) is 12.1 Å². The Hall–Kier alpha value is -1.09. The molecule has 0 saturated carbocycles. The molecule has 0 heterocycles. The molecule has 69 valence electrons. The van der Waals surface area contributed by atoms with E-state index in [9.17, 15) is 10.1 Å². The van der Waals surface area contributed by atoms with E-state index in [0.29, 0.717) is 23.4 Å². The molecule has 0 amide bonds. The summed E-state index contributed by atoms with van der Waals surface area (Å²) in [7, 11) is 0. The molecular weight excluding hydrogens is 190 g/mol. The van der Waals surface area contributed by atoms with Gasteiger partial charge in [-0.3, -0.25) is 10.1 Å². The van der Waals surface area contributed by atoms with Crippen molar-refractivity contribution < 1.29 is 4.92 Å². The highest BCUT2D eigenvalue weighted by Crippen LogP contribution is 2.27. The van der Waals surface area contributed by atoms with Gasteiger partial charge in [-0.25, -0.2) is 0 Å². The number of nitro benzene ring substituents is 1. The molecular formula is C9H9ClNO2. The van der Waals surface area contributed by atoms with Crippen LogP contribution >= 0.6 is 11.6 Å². The number of hydrogen-bond acceptors (Lipinski definition) is 2. The highest BCUT2D eigenvalue weighted by Gasteiger charge is 2.14. The van der Waals surface area contributed by atoms with Crippen LogP contribution in [0.5, 0.6) is 0 Å². The molecule has 0 aromatic heterocycles. The third kappa shape index (κ3) is 2.18. The van der Waals surface area contributed by atoms with E-state index >= 15 is 0 Å². The van der Waals surface area contributed by atoms with Gasteiger partial charge in [0.1, 0.15) is 0 Å².